The molecule has 0 bridgehead atoms. The highest BCUT2D eigenvalue weighted by Gasteiger charge is 2.64. The lowest BCUT2D eigenvalue weighted by atomic mass is 9.78. The minimum Gasteiger partial charge on any atom is -0.469 e. The smallest absolute Gasteiger partial charge is 0.326 e. The molecule has 0 amide bonds. The van der Waals surface area contributed by atoms with E-state index in [0.29, 0.717) is 12.8 Å². The second-order valence-corrected chi connectivity index (χ2v) is 10.9. The highest BCUT2D eigenvalue weighted by atomic mass is 127. The van der Waals surface area contributed by atoms with Crippen LogP contribution in [0.5, 0.6) is 0 Å². The quantitative estimate of drug-likeness (QED) is 0.243. The van der Waals surface area contributed by atoms with Gasteiger partial charge in [-0.25, -0.2) is 0 Å². The lowest BCUT2D eigenvalue weighted by Crippen LogP contribution is -2.57. The Morgan fingerprint density at radius 2 is 1.65 bits per heavy atom. The summed E-state index contributed by atoms with van der Waals surface area (Å²) in [6.07, 6.45) is 0.750. The van der Waals surface area contributed by atoms with Crippen LogP contribution in [0.4, 0.5) is 0 Å². The molecule has 2 aliphatic rings. The van der Waals surface area contributed by atoms with Crippen LogP contribution >= 0.6 is 22.6 Å². The molecule has 6 nitrogen and oxygen atoms in total. The number of methoxy groups -OCH3 is 2. The maximum atomic E-state index is 13.9. The first kappa shape index (κ1) is 24.2. The Bertz CT molecular complexity index is 1500. The number of rotatable bonds is 4. The zero-order valence-corrected chi connectivity index (χ0v) is 22.8. The summed E-state index contributed by atoms with van der Waals surface area (Å²) in [6, 6.07) is 25.8. The third-order valence-electron chi connectivity index (χ3n) is 8.01. The van der Waals surface area contributed by atoms with E-state index >= 15 is 0 Å². The van der Waals surface area contributed by atoms with Gasteiger partial charge < -0.3 is 14.5 Å². The molecular weight excluding hydrogens is 579 g/mol. The molecule has 0 radical (unpaired) electrons. The van der Waals surface area contributed by atoms with Crippen molar-refractivity contribution in [1.29, 1.82) is 0 Å². The summed E-state index contributed by atoms with van der Waals surface area (Å²) in [7, 11) is 2.85. The third-order valence-corrected chi connectivity index (χ3v) is 8.99. The van der Waals surface area contributed by atoms with Gasteiger partial charge in [0.2, 0.25) is 0 Å². The molecule has 0 saturated carbocycles. The first-order chi connectivity index (χ1) is 18.0. The monoisotopic (exact) mass is 606 g/mol. The number of benzene rings is 3. The summed E-state index contributed by atoms with van der Waals surface area (Å²) in [5.74, 6) is -1.18. The number of aromatic nitrogens is 1. The summed E-state index contributed by atoms with van der Waals surface area (Å²) in [4.78, 5) is 33.2. The summed E-state index contributed by atoms with van der Waals surface area (Å²) < 4.78 is 11.9. The molecule has 6 rings (SSSR count). The molecule has 3 aromatic carbocycles. The van der Waals surface area contributed by atoms with Gasteiger partial charge in [-0.2, -0.15) is 0 Å². The van der Waals surface area contributed by atoms with Crippen LogP contribution in [0.1, 0.15) is 40.9 Å². The Kier molecular flexibility index (Phi) is 6.07. The normalized spacial score (nSPS) is 24.9. The van der Waals surface area contributed by atoms with E-state index in [4.69, 9.17) is 9.47 Å². The van der Waals surface area contributed by atoms with E-state index in [9.17, 15) is 9.59 Å². The molecule has 37 heavy (non-hydrogen) atoms. The number of H-pyrrole nitrogens is 1. The SMILES string of the molecule is COC(=O)[C@@H]1C[C@@]2(C(=O)OC)Cc3c([nH]c4ccccc34)C(c3ccccc3)N2[C@@H]1c1ccccc1I. The molecule has 1 fully saturated rings. The van der Waals surface area contributed by atoms with Gasteiger partial charge in [0.15, 0.2) is 0 Å². The molecule has 3 heterocycles. The Morgan fingerprint density at radius 3 is 2.38 bits per heavy atom. The van der Waals surface area contributed by atoms with Gasteiger partial charge in [0.1, 0.15) is 5.54 Å². The predicted octanol–water partition coefficient (Wildman–Crippen LogP) is 5.57. The lowest BCUT2D eigenvalue weighted by Gasteiger charge is -2.47. The van der Waals surface area contributed by atoms with Crippen LogP contribution in [0.15, 0.2) is 78.9 Å². The standard InChI is InChI=1S/C30H27IN2O4/c1-36-28(34)22-17-30(29(35)37-2)16-21-19-12-7-9-15-24(19)32-25(21)26(18-10-4-3-5-11-18)33(30)27(22)20-13-6-8-14-23(20)31/h3-15,22,26-27,32H,16-17H2,1-2H3/t22-,26?,27-,30-/m1/s1. The van der Waals surface area contributed by atoms with Crippen molar-refractivity contribution in [3.63, 3.8) is 0 Å². The van der Waals surface area contributed by atoms with Crippen LogP contribution in [-0.4, -0.2) is 41.6 Å². The fourth-order valence-electron chi connectivity index (χ4n) is 6.55. The summed E-state index contributed by atoms with van der Waals surface area (Å²) in [6.45, 7) is 0. The number of esters is 2. The van der Waals surface area contributed by atoms with E-state index in [-0.39, 0.29) is 24.0 Å². The minimum atomic E-state index is -1.05. The largest absolute Gasteiger partial charge is 0.469 e. The van der Waals surface area contributed by atoms with Crippen molar-refractivity contribution in [3.05, 3.63) is 105 Å². The van der Waals surface area contributed by atoms with Crippen molar-refractivity contribution >= 4 is 45.4 Å². The fourth-order valence-corrected chi connectivity index (χ4v) is 7.25. The van der Waals surface area contributed by atoms with Crippen molar-refractivity contribution in [2.45, 2.75) is 30.5 Å². The van der Waals surface area contributed by atoms with Gasteiger partial charge >= 0.3 is 11.9 Å². The van der Waals surface area contributed by atoms with Crippen LogP contribution in [-0.2, 0) is 25.5 Å². The Labute approximate surface area is 229 Å². The number of fused-ring (bicyclic) bond motifs is 4. The molecule has 188 valence electrons. The van der Waals surface area contributed by atoms with Gasteiger partial charge in [-0.05, 0) is 57.8 Å². The van der Waals surface area contributed by atoms with Gasteiger partial charge in [0.05, 0.1) is 32.2 Å². The van der Waals surface area contributed by atoms with Crippen LogP contribution in [0.2, 0.25) is 0 Å². The molecular formula is C30H27IN2O4. The predicted molar refractivity (Wildman–Crippen MR) is 149 cm³/mol. The zero-order chi connectivity index (χ0) is 25.7. The Hall–Kier alpha value is -3.17. The van der Waals surface area contributed by atoms with Gasteiger partial charge in [0.25, 0.3) is 0 Å². The number of carbonyl (C=O) groups excluding carboxylic acids is 2. The summed E-state index contributed by atoms with van der Waals surface area (Å²) in [5, 5.41) is 1.09. The molecule has 7 heteroatoms. The number of nitrogens with one attached hydrogen (secondary N) is 1. The highest BCUT2D eigenvalue weighted by molar-refractivity contribution is 14.1. The van der Waals surface area contributed by atoms with E-state index in [1.807, 2.05) is 48.5 Å². The number of para-hydroxylation sites is 1. The number of hydrogen-bond acceptors (Lipinski definition) is 5. The number of carbonyl (C=O) groups is 2. The number of halogens is 1. The van der Waals surface area contributed by atoms with Gasteiger partial charge in [-0.15, -0.1) is 0 Å². The average molecular weight is 606 g/mol. The van der Waals surface area contributed by atoms with Crippen molar-refractivity contribution in [1.82, 2.24) is 9.88 Å². The molecule has 1 aromatic heterocycles. The van der Waals surface area contributed by atoms with Crippen molar-refractivity contribution in [2.75, 3.05) is 14.2 Å². The molecule has 1 unspecified atom stereocenters. The van der Waals surface area contributed by atoms with Crippen LogP contribution in [0.25, 0.3) is 10.9 Å². The van der Waals surface area contributed by atoms with Crippen LogP contribution in [0, 0.1) is 9.49 Å². The second-order valence-electron chi connectivity index (χ2n) is 9.78. The lowest BCUT2D eigenvalue weighted by molar-refractivity contribution is -0.156. The van der Waals surface area contributed by atoms with E-state index in [0.717, 1.165) is 36.9 Å². The number of ether oxygens (including phenoxy) is 2. The van der Waals surface area contributed by atoms with Crippen LogP contribution in [0.3, 0.4) is 0 Å². The Morgan fingerprint density at radius 1 is 0.946 bits per heavy atom. The number of nitrogens with zero attached hydrogens (tertiary/aromatic N) is 1. The maximum absolute atomic E-state index is 13.9. The Balaban J connectivity index is 1.69. The van der Waals surface area contributed by atoms with Gasteiger partial charge in [0, 0.05) is 26.6 Å². The molecule has 2 aliphatic heterocycles. The minimum absolute atomic E-state index is 0.299. The van der Waals surface area contributed by atoms with E-state index in [2.05, 4.69) is 62.8 Å². The third kappa shape index (κ3) is 3.62. The first-order valence-electron chi connectivity index (χ1n) is 12.3. The second kappa shape index (κ2) is 9.29. The van der Waals surface area contributed by atoms with Crippen molar-refractivity contribution in [2.24, 2.45) is 5.92 Å². The maximum Gasteiger partial charge on any atom is 0.326 e. The first-order valence-corrected chi connectivity index (χ1v) is 13.4. The molecule has 0 spiro atoms. The van der Waals surface area contributed by atoms with E-state index < -0.39 is 11.5 Å². The zero-order valence-electron chi connectivity index (χ0n) is 20.6. The molecule has 0 aliphatic carbocycles. The van der Waals surface area contributed by atoms with Crippen molar-refractivity contribution < 1.29 is 19.1 Å². The van der Waals surface area contributed by atoms with Crippen molar-refractivity contribution in [3.8, 4) is 0 Å². The molecule has 1 N–H and O–H groups in total. The highest BCUT2D eigenvalue weighted by Crippen LogP contribution is 2.58. The molecule has 4 aromatic rings. The topological polar surface area (TPSA) is 71.6 Å². The number of aromatic amines is 1. The van der Waals surface area contributed by atoms with Gasteiger partial charge in [-0.1, -0.05) is 66.7 Å². The van der Waals surface area contributed by atoms with Crippen LogP contribution < -0.4 is 0 Å². The summed E-state index contributed by atoms with van der Waals surface area (Å²) >= 11 is 2.32. The van der Waals surface area contributed by atoms with E-state index in [1.54, 1.807) is 0 Å². The number of hydrogen-bond donors (Lipinski definition) is 1. The average Bonchev–Trinajstić information content (AvgIpc) is 3.48. The molecule has 1 saturated heterocycles. The fraction of sp³-hybridized carbons (Fsp3) is 0.267. The van der Waals surface area contributed by atoms with E-state index in [1.165, 1.54) is 14.2 Å². The summed E-state index contributed by atoms with van der Waals surface area (Å²) in [5.41, 5.74) is 4.18. The van der Waals surface area contributed by atoms with Gasteiger partial charge in [-0.3, -0.25) is 14.5 Å². The molecule has 4 atom stereocenters.